The molecule has 0 radical (unpaired) electrons. The van der Waals surface area contributed by atoms with E-state index >= 15 is 0 Å². The Morgan fingerprint density at radius 2 is 1.76 bits per heavy atom. The Kier molecular flexibility index (Phi) is 4.21. The van der Waals surface area contributed by atoms with E-state index in [0.29, 0.717) is 5.06 Å². The van der Waals surface area contributed by atoms with E-state index in [1.54, 1.807) is 0 Å². The number of halogens is 4. The first-order valence-electron chi connectivity index (χ1n) is 5.65. The molecule has 0 unspecified atom stereocenters. The summed E-state index contributed by atoms with van der Waals surface area (Å²) < 4.78 is 37.6. The third kappa shape index (κ3) is 3.34. The fourth-order valence-electron chi connectivity index (χ4n) is 1.67. The number of hydrogen-bond acceptors (Lipinski definition) is 4. The standard InChI is InChI=1S/C12H7F3INO4/c13-12(14,15)7-2-1-6(5-8(7)16)11(20)21-17-9(18)3-4-10(17)19/h1-2,5H,3-4H2. The van der Waals surface area contributed by atoms with Crippen molar-refractivity contribution in [3.8, 4) is 0 Å². The maximum absolute atomic E-state index is 12.6. The fourth-order valence-corrected chi connectivity index (χ4v) is 2.49. The number of benzene rings is 1. The van der Waals surface area contributed by atoms with Gasteiger partial charge in [-0.3, -0.25) is 9.59 Å². The van der Waals surface area contributed by atoms with Gasteiger partial charge in [-0.2, -0.15) is 13.2 Å². The van der Waals surface area contributed by atoms with E-state index in [0.717, 1.165) is 18.2 Å². The second-order valence-electron chi connectivity index (χ2n) is 4.15. The molecule has 1 saturated heterocycles. The quantitative estimate of drug-likeness (QED) is 0.553. The molecule has 0 aromatic heterocycles. The van der Waals surface area contributed by atoms with Crippen molar-refractivity contribution in [3.63, 3.8) is 0 Å². The molecule has 0 spiro atoms. The number of rotatable bonds is 2. The van der Waals surface area contributed by atoms with Crippen LogP contribution in [0.4, 0.5) is 13.2 Å². The monoisotopic (exact) mass is 413 g/mol. The number of amides is 2. The number of carbonyl (C=O) groups excluding carboxylic acids is 3. The summed E-state index contributed by atoms with van der Waals surface area (Å²) in [5, 5.41) is 0.340. The lowest BCUT2D eigenvalue weighted by atomic mass is 10.1. The minimum atomic E-state index is -4.53. The van der Waals surface area contributed by atoms with Crippen LogP contribution in [-0.4, -0.2) is 22.8 Å². The van der Waals surface area contributed by atoms with Crippen LogP contribution in [0.1, 0.15) is 28.8 Å². The lowest BCUT2D eigenvalue weighted by Gasteiger charge is -2.14. The molecule has 0 bridgehead atoms. The van der Waals surface area contributed by atoms with E-state index < -0.39 is 29.5 Å². The highest BCUT2D eigenvalue weighted by Crippen LogP contribution is 2.33. The van der Waals surface area contributed by atoms with Crippen molar-refractivity contribution in [1.29, 1.82) is 0 Å². The van der Waals surface area contributed by atoms with Crippen LogP contribution in [0.15, 0.2) is 18.2 Å². The molecular weight excluding hydrogens is 406 g/mol. The van der Waals surface area contributed by atoms with Crippen molar-refractivity contribution in [2.45, 2.75) is 19.0 Å². The van der Waals surface area contributed by atoms with Crippen molar-refractivity contribution < 1.29 is 32.4 Å². The number of hydrogen-bond donors (Lipinski definition) is 0. The van der Waals surface area contributed by atoms with Crippen molar-refractivity contribution in [2.75, 3.05) is 0 Å². The Hall–Kier alpha value is -1.65. The van der Waals surface area contributed by atoms with Crippen molar-refractivity contribution in [3.05, 3.63) is 32.9 Å². The molecule has 2 rings (SSSR count). The lowest BCUT2D eigenvalue weighted by molar-refractivity contribution is -0.172. The molecule has 1 fully saturated rings. The zero-order valence-corrected chi connectivity index (χ0v) is 12.4. The van der Waals surface area contributed by atoms with Crippen molar-refractivity contribution in [1.82, 2.24) is 5.06 Å². The van der Waals surface area contributed by atoms with Crippen LogP contribution in [0.2, 0.25) is 0 Å². The van der Waals surface area contributed by atoms with Gasteiger partial charge in [-0.1, -0.05) is 0 Å². The number of nitrogens with zero attached hydrogens (tertiary/aromatic N) is 1. The smallest absolute Gasteiger partial charge is 0.325 e. The van der Waals surface area contributed by atoms with E-state index in [1.165, 1.54) is 22.6 Å². The molecule has 1 aromatic carbocycles. The summed E-state index contributed by atoms with van der Waals surface area (Å²) >= 11 is 1.44. The largest absolute Gasteiger partial charge is 0.417 e. The van der Waals surface area contributed by atoms with Gasteiger partial charge in [0.2, 0.25) is 0 Å². The molecule has 2 amide bonds. The molecule has 1 aromatic rings. The summed E-state index contributed by atoms with van der Waals surface area (Å²) in [6.07, 6.45) is -4.65. The van der Waals surface area contributed by atoms with E-state index in [9.17, 15) is 27.6 Å². The van der Waals surface area contributed by atoms with Crippen LogP contribution < -0.4 is 0 Å². The van der Waals surface area contributed by atoms with Gasteiger partial charge in [-0.25, -0.2) is 4.79 Å². The highest BCUT2D eigenvalue weighted by Gasteiger charge is 2.35. The minimum absolute atomic E-state index is 0.0589. The summed E-state index contributed by atoms with van der Waals surface area (Å²) in [6, 6.07) is 2.65. The normalized spacial score (nSPS) is 15.5. The molecule has 21 heavy (non-hydrogen) atoms. The van der Waals surface area contributed by atoms with Crippen molar-refractivity contribution in [2.24, 2.45) is 0 Å². The molecule has 0 aliphatic carbocycles. The molecule has 0 saturated carbocycles. The van der Waals surface area contributed by atoms with E-state index in [-0.39, 0.29) is 22.0 Å². The highest BCUT2D eigenvalue weighted by molar-refractivity contribution is 14.1. The van der Waals surface area contributed by atoms with Gasteiger partial charge in [-0.15, -0.1) is 5.06 Å². The fraction of sp³-hybridized carbons (Fsp3) is 0.250. The third-order valence-electron chi connectivity index (χ3n) is 2.69. The summed E-state index contributed by atoms with van der Waals surface area (Å²) in [6.45, 7) is 0. The average Bonchev–Trinajstić information content (AvgIpc) is 2.68. The minimum Gasteiger partial charge on any atom is -0.325 e. The molecule has 9 heteroatoms. The van der Waals surface area contributed by atoms with Crippen LogP contribution >= 0.6 is 22.6 Å². The second-order valence-corrected chi connectivity index (χ2v) is 5.32. The predicted octanol–water partition coefficient (Wildman–Crippen LogP) is 2.53. The van der Waals surface area contributed by atoms with Crippen LogP contribution in [-0.2, 0) is 20.6 Å². The Labute approximate surface area is 130 Å². The lowest BCUT2D eigenvalue weighted by Crippen LogP contribution is -2.32. The van der Waals surface area contributed by atoms with Gasteiger partial charge in [-0.05, 0) is 40.8 Å². The average molecular weight is 413 g/mol. The number of hydroxylamine groups is 2. The number of alkyl halides is 3. The molecular formula is C12H7F3INO4. The molecule has 0 atom stereocenters. The van der Waals surface area contributed by atoms with Crippen molar-refractivity contribution >= 4 is 40.4 Å². The Morgan fingerprint density at radius 3 is 2.24 bits per heavy atom. The Balaban J connectivity index is 2.19. The van der Waals surface area contributed by atoms with Crippen LogP contribution in [0.3, 0.4) is 0 Å². The summed E-state index contributed by atoms with van der Waals surface area (Å²) in [5.74, 6) is -2.38. The zero-order valence-electron chi connectivity index (χ0n) is 10.2. The van der Waals surface area contributed by atoms with Crippen LogP contribution in [0, 0.1) is 3.57 Å². The third-order valence-corrected chi connectivity index (χ3v) is 3.58. The zero-order chi connectivity index (χ0) is 15.8. The van der Waals surface area contributed by atoms with Gasteiger partial charge in [0.05, 0.1) is 11.1 Å². The van der Waals surface area contributed by atoms with E-state index in [1.807, 2.05) is 0 Å². The summed E-state index contributed by atoms with van der Waals surface area (Å²) in [5.41, 5.74) is -1.06. The topological polar surface area (TPSA) is 63.7 Å². The second kappa shape index (κ2) is 5.62. The van der Waals surface area contributed by atoms with Crippen LogP contribution in [0.25, 0.3) is 0 Å². The Morgan fingerprint density at radius 1 is 1.19 bits per heavy atom. The van der Waals surface area contributed by atoms with Gasteiger partial charge in [0, 0.05) is 16.4 Å². The van der Waals surface area contributed by atoms with Gasteiger partial charge < -0.3 is 4.84 Å². The van der Waals surface area contributed by atoms with E-state index in [4.69, 9.17) is 0 Å². The summed E-state index contributed by atoms with van der Waals surface area (Å²) in [4.78, 5) is 38.9. The number of carbonyl (C=O) groups is 3. The molecule has 112 valence electrons. The maximum atomic E-state index is 12.6. The molecule has 5 nitrogen and oxygen atoms in total. The SMILES string of the molecule is O=C(ON1C(=O)CCC1=O)c1ccc(C(F)(F)F)c(I)c1. The molecule has 1 aliphatic heterocycles. The van der Waals surface area contributed by atoms with Gasteiger partial charge in [0.25, 0.3) is 11.8 Å². The highest BCUT2D eigenvalue weighted by atomic mass is 127. The van der Waals surface area contributed by atoms with Gasteiger partial charge in [0.15, 0.2) is 0 Å². The molecule has 1 heterocycles. The molecule has 0 N–H and O–H groups in total. The first-order chi connectivity index (χ1) is 9.70. The van der Waals surface area contributed by atoms with E-state index in [2.05, 4.69) is 4.84 Å². The van der Waals surface area contributed by atoms with Gasteiger partial charge in [0.1, 0.15) is 0 Å². The Bertz CT molecular complexity index is 613. The maximum Gasteiger partial charge on any atom is 0.417 e. The van der Waals surface area contributed by atoms with Gasteiger partial charge >= 0.3 is 12.1 Å². The first kappa shape index (κ1) is 15.7. The molecule has 1 aliphatic rings. The number of imide groups is 1. The van der Waals surface area contributed by atoms with Crippen LogP contribution in [0.5, 0.6) is 0 Å². The first-order valence-corrected chi connectivity index (χ1v) is 6.73. The predicted molar refractivity (Wildman–Crippen MR) is 70.7 cm³/mol. The summed E-state index contributed by atoms with van der Waals surface area (Å²) in [7, 11) is 0.